The molecule has 118 valence electrons. The maximum absolute atomic E-state index is 12.4. The van der Waals surface area contributed by atoms with Gasteiger partial charge in [0.25, 0.3) is 0 Å². The van der Waals surface area contributed by atoms with Crippen LogP contribution in [-0.4, -0.2) is 55.0 Å². The molecule has 0 heterocycles. The van der Waals surface area contributed by atoms with Crippen molar-refractivity contribution in [2.24, 2.45) is 11.1 Å². The molecule has 4 heteroatoms. The first-order chi connectivity index (χ1) is 9.60. The standard InChI is InChI=1S/C16H33N3O/c1-4-18(5-2)11-8-12-19(6-3)15(20)13-16(14-17)9-7-10-16/h4-14,17H2,1-3H3. The minimum absolute atomic E-state index is 0.128. The number of hydrogen-bond donors (Lipinski definition) is 1. The molecule has 0 atom stereocenters. The number of nitrogens with two attached hydrogens (primary N) is 1. The summed E-state index contributed by atoms with van der Waals surface area (Å²) in [7, 11) is 0. The lowest BCUT2D eigenvalue weighted by molar-refractivity contribution is -0.135. The van der Waals surface area contributed by atoms with Gasteiger partial charge in [0.15, 0.2) is 0 Å². The molecular formula is C16H33N3O. The molecule has 0 aromatic heterocycles. The van der Waals surface area contributed by atoms with E-state index in [9.17, 15) is 4.79 Å². The second kappa shape index (κ2) is 8.63. The monoisotopic (exact) mass is 283 g/mol. The van der Waals surface area contributed by atoms with Gasteiger partial charge in [-0.2, -0.15) is 0 Å². The minimum Gasteiger partial charge on any atom is -0.343 e. The summed E-state index contributed by atoms with van der Waals surface area (Å²) in [6.45, 7) is 12.1. The van der Waals surface area contributed by atoms with Gasteiger partial charge in [-0.25, -0.2) is 0 Å². The highest BCUT2D eigenvalue weighted by atomic mass is 16.2. The van der Waals surface area contributed by atoms with Crippen molar-refractivity contribution in [1.29, 1.82) is 0 Å². The van der Waals surface area contributed by atoms with E-state index in [0.717, 1.165) is 52.0 Å². The second-order valence-electron chi connectivity index (χ2n) is 6.09. The first-order valence-corrected chi connectivity index (χ1v) is 8.31. The molecule has 1 saturated carbocycles. The topological polar surface area (TPSA) is 49.6 Å². The Morgan fingerprint density at radius 3 is 2.15 bits per heavy atom. The fraction of sp³-hybridized carbons (Fsp3) is 0.938. The number of amides is 1. The summed E-state index contributed by atoms with van der Waals surface area (Å²) in [5.41, 5.74) is 5.99. The van der Waals surface area contributed by atoms with Crippen LogP contribution in [0.1, 0.15) is 52.9 Å². The predicted molar refractivity (Wildman–Crippen MR) is 84.6 cm³/mol. The van der Waals surface area contributed by atoms with Crippen LogP contribution < -0.4 is 5.73 Å². The van der Waals surface area contributed by atoms with Crippen molar-refractivity contribution >= 4 is 5.91 Å². The van der Waals surface area contributed by atoms with Gasteiger partial charge in [0.2, 0.25) is 5.91 Å². The van der Waals surface area contributed by atoms with Gasteiger partial charge in [-0.15, -0.1) is 0 Å². The van der Waals surface area contributed by atoms with Crippen molar-refractivity contribution in [3.8, 4) is 0 Å². The molecule has 0 bridgehead atoms. The average molecular weight is 283 g/mol. The van der Waals surface area contributed by atoms with Crippen molar-refractivity contribution in [2.75, 3.05) is 39.3 Å². The fourth-order valence-corrected chi connectivity index (χ4v) is 3.05. The Morgan fingerprint density at radius 2 is 1.75 bits per heavy atom. The molecule has 0 aromatic carbocycles. The van der Waals surface area contributed by atoms with Gasteiger partial charge < -0.3 is 15.5 Å². The average Bonchev–Trinajstić information content (AvgIpc) is 2.43. The van der Waals surface area contributed by atoms with Crippen LogP contribution in [0, 0.1) is 5.41 Å². The third kappa shape index (κ3) is 4.74. The lowest BCUT2D eigenvalue weighted by Gasteiger charge is -2.41. The summed E-state index contributed by atoms with van der Waals surface area (Å²) in [5, 5.41) is 0. The molecule has 4 nitrogen and oxygen atoms in total. The molecule has 1 aliphatic rings. The molecule has 0 aliphatic heterocycles. The fourth-order valence-electron chi connectivity index (χ4n) is 3.05. The van der Waals surface area contributed by atoms with Gasteiger partial charge in [-0.3, -0.25) is 4.79 Å². The lowest BCUT2D eigenvalue weighted by atomic mass is 9.66. The molecule has 0 saturated heterocycles. The maximum atomic E-state index is 12.4. The van der Waals surface area contributed by atoms with E-state index in [2.05, 4.69) is 25.7 Å². The van der Waals surface area contributed by atoms with Crippen LogP contribution >= 0.6 is 0 Å². The van der Waals surface area contributed by atoms with Crippen LogP contribution in [0.5, 0.6) is 0 Å². The number of carbonyl (C=O) groups excluding carboxylic acids is 1. The number of carbonyl (C=O) groups is 1. The Bertz CT molecular complexity index is 280. The first-order valence-electron chi connectivity index (χ1n) is 8.31. The number of hydrogen-bond acceptors (Lipinski definition) is 3. The summed E-state index contributed by atoms with van der Waals surface area (Å²) < 4.78 is 0. The molecule has 0 spiro atoms. The highest BCUT2D eigenvalue weighted by Crippen LogP contribution is 2.43. The summed E-state index contributed by atoms with van der Waals surface area (Å²) in [5.74, 6) is 0.303. The van der Waals surface area contributed by atoms with E-state index in [1.807, 2.05) is 4.90 Å². The summed E-state index contributed by atoms with van der Waals surface area (Å²) in [6, 6.07) is 0. The molecule has 1 aliphatic carbocycles. The van der Waals surface area contributed by atoms with Crippen LogP contribution in [0.2, 0.25) is 0 Å². The van der Waals surface area contributed by atoms with Crippen molar-refractivity contribution in [1.82, 2.24) is 9.80 Å². The zero-order chi connectivity index (χ0) is 15.0. The first kappa shape index (κ1) is 17.4. The molecular weight excluding hydrogens is 250 g/mol. The van der Waals surface area contributed by atoms with E-state index in [4.69, 9.17) is 5.73 Å². The Balaban J connectivity index is 2.35. The molecule has 1 rings (SSSR count). The Labute approximate surface area is 124 Å². The minimum atomic E-state index is 0.128. The summed E-state index contributed by atoms with van der Waals surface area (Å²) in [4.78, 5) is 16.8. The molecule has 0 aromatic rings. The van der Waals surface area contributed by atoms with E-state index >= 15 is 0 Å². The van der Waals surface area contributed by atoms with E-state index < -0.39 is 0 Å². The van der Waals surface area contributed by atoms with Crippen molar-refractivity contribution in [2.45, 2.75) is 52.9 Å². The third-order valence-corrected chi connectivity index (χ3v) is 4.90. The molecule has 1 fully saturated rings. The van der Waals surface area contributed by atoms with Gasteiger partial charge in [0.05, 0.1) is 0 Å². The predicted octanol–water partition coefficient (Wildman–Crippen LogP) is 2.09. The Kier molecular flexibility index (Phi) is 7.52. The van der Waals surface area contributed by atoms with Gasteiger partial charge >= 0.3 is 0 Å². The van der Waals surface area contributed by atoms with Crippen molar-refractivity contribution in [3.05, 3.63) is 0 Å². The zero-order valence-corrected chi connectivity index (χ0v) is 13.7. The highest BCUT2D eigenvalue weighted by molar-refractivity contribution is 5.77. The van der Waals surface area contributed by atoms with E-state index in [-0.39, 0.29) is 5.41 Å². The van der Waals surface area contributed by atoms with Gasteiger partial charge in [-0.05, 0) is 57.8 Å². The van der Waals surface area contributed by atoms with Crippen LogP contribution in [-0.2, 0) is 4.79 Å². The Hall–Kier alpha value is -0.610. The smallest absolute Gasteiger partial charge is 0.223 e. The molecule has 1 amide bonds. The Morgan fingerprint density at radius 1 is 1.10 bits per heavy atom. The van der Waals surface area contributed by atoms with E-state index in [0.29, 0.717) is 18.9 Å². The van der Waals surface area contributed by atoms with Gasteiger partial charge in [-0.1, -0.05) is 20.3 Å². The maximum Gasteiger partial charge on any atom is 0.223 e. The lowest BCUT2D eigenvalue weighted by Crippen LogP contribution is -2.43. The van der Waals surface area contributed by atoms with Crippen LogP contribution in [0.3, 0.4) is 0 Å². The number of nitrogens with zero attached hydrogens (tertiary/aromatic N) is 2. The van der Waals surface area contributed by atoms with Gasteiger partial charge in [0.1, 0.15) is 0 Å². The van der Waals surface area contributed by atoms with E-state index in [1.54, 1.807) is 0 Å². The van der Waals surface area contributed by atoms with Crippen LogP contribution in [0.25, 0.3) is 0 Å². The van der Waals surface area contributed by atoms with Crippen molar-refractivity contribution in [3.63, 3.8) is 0 Å². The second-order valence-corrected chi connectivity index (χ2v) is 6.09. The molecule has 20 heavy (non-hydrogen) atoms. The molecule has 0 radical (unpaired) electrons. The third-order valence-electron chi connectivity index (χ3n) is 4.90. The summed E-state index contributed by atoms with van der Waals surface area (Å²) in [6.07, 6.45) is 5.22. The SMILES string of the molecule is CCN(CC)CCCN(CC)C(=O)CC1(CN)CCC1. The zero-order valence-electron chi connectivity index (χ0n) is 13.7. The van der Waals surface area contributed by atoms with Crippen LogP contribution in [0.4, 0.5) is 0 Å². The molecule has 2 N–H and O–H groups in total. The molecule has 0 unspecified atom stereocenters. The largest absolute Gasteiger partial charge is 0.343 e. The van der Waals surface area contributed by atoms with Gasteiger partial charge in [0, 0.05) is 19.5 Å². The quantitative estimate of drug-likeness (QED) is 0.668. The number of rotatable bonds is 10. The normalized spacial score (nSPS) is 17.1. The van der Waals surface area contributed by atoms with Crippen molar-refractivity contribution < 1.29 is 4.79 Å². The summed E-state index contributed by atoms with van der Waals surface area (Å²) >= 11 is 0. The highest BCUT2D eigenvalue weighted by Gasteiger charge is 2.38. The van der Waals surface area contributed by atoms with E-state index in [1.165, 1.54) is 6.42 Å². The van der Waals surface area contributed by atoms with Crippen LogP contribution in [0.15, 0.2) is 0 Å².